The fourth-order valence-corrected chi connectivity index (χ4v) is 2.95. The second-order valence-corrected chi connectivity index (χ2v) is 5.30. The largest absolute Gasteiger partial charge is 0.478 e. The van der Waals surface area contributed by atoms with Crippen LogP contribution in [0.5, 0.6) is 0 Å². The van der Waals surface area contributed by atoms with Gasteiger partial charge in [-0.2, -0.15) is 5.06 Å². The number of hydroxylamine groups is 2. The summed E-state index contributed by atoms with van der Waals surface area (Å²) in [5.74, 6) is -1.49. The Balaban J connectivity index is 2.07. The van der Waals surface area contributed by atoms with Gasteiger partial charge in [0.25, 0.3) is 0 Å². The summed E-state index contributed by atoms with van der Waals surface area (Å²) in [7, 11) is 1.35. The molecule has 0 saturated heterocycles. The van der Waals surface area contributed by atoms with Crippen molar-refractivity contribution in [1.82, 2.24) is 9.63 Å². The standard InChI is InChI=1S/C16H16N2O6/c1-3-24-14(19)8-13-12-7-10-6-9(15(20)21)4-5-11(10)17(12)16(22)18(13)23-2/h4-7,13H,3,8H2,1-2H3,(H,20,21). The molecule has 1 aromatic carbocycles. The summed E-state index contributed by atoms with van der Waals surface area (Å²) >= 11 is 0. The predicted molar refractivity (Wildman–Crippen MR) is 82.5 cm³/mol. The molecule has 24 heavy (non-hydrogen) atoms. The molecule has 2 heterocycles. The van der Waals surface area contributed by atoms with Crippen molar-refractivity contribution < 1.29 is 29.1 Å². The molecule has 2 aromatic rings. The lowest BCUT2D eigenvalue weighted by atomic mass is 10.1. The molecular formula is C16H16N2O6. The SMILES string of the molecule is CCOC(=O)CC1c2cc3cc(C(=O)O)ccc3n2C(=O)N1OC. The molecule has 1 amide bonds. The van der Waals surface area contributed by atoms with Crippen LogP contribution in [0.15, 0.2) is 24.3 Å². The van der Waals surface area contributed by atoms with Gasteiger partial charge in [-0.1, -0.05) is 0 Å². The molecule has 0 bridgehead atoms. The van der Waals surface area contributed by atoms with Crippen molar-refractivity contribution in [3.8, 4) is 0 Å². The van der Waals surface area contributed by atoms with Crippen molar-refractivity contribution in [2.75, 3.05) is 13.7 Å². The third kappa shape index (κ3) is 2.41. The molecule has 1 aromatic heterocycles. The van der Waals surface area contributed by atoms with Gasteiger partial charge < -0.3 is 9.84 Å². The summed E-state index contributed by atoms with van der Waals surface area (Å²) in [6.07, 6.45) is -0.0461. The number of ether oxygens (including phenoxy) is 1. The van der Waals surface area contributed by atoms with Crippen LogP contribution in [0.25, 0.3) is 10.9 Å². The molecule has 0 radical (unpaired) electrons. The summed E-state index contributed by atoms with van der Waals surface area (Å²) in [6.45, 7) is 1.95. The zero-order chi connectivity index (χ0) is 17.4. The first kappa shape index (κ1) is 16.0. The quantitative estimate of drug-likeness (QED) is 0.843. The first-order chi connectivity index (χ1) is 11.5. The molecule has 0 saturated carbocycles. The molecule has 8 heteroatoms. The second-order valence-electron chi connectivity index (χ2n) is 5.30. The minimum absolute atomic E-state index is 0.0461. The molecule has 0 fully saturated rings. The van der Waals surface area contributed by atoms with E-state index < -0.39 is 24.0 Å². The first-order valence-corrected chi connectivity index (χ1v) is 7.40. The van der Waals surface area contributed by atoms with Gasteiger partial charge in [0, 0.05) is 5.39 Å². The zero-order valence-corrected chi connectivity index (χ0v) is 13.2. The Kier molecular flexibility index (Phi) is 3.98. The number of amides is 1. The van der Waals surface area contributed by atoms with Crippen LogP contribution in [0.3, 0.4) is 0 Å². The molecule has 1 aliphatic rings. The van der Waals surface area contributed by atoms with E-state index in [-0.39, 0.29) is 18.6 Å². The molecule has 126 valence electrons. The molecule has 1 atom stereocenters. The molecule has 0 aliphatic carbocycles. The number of carboxylic acids is 1. The number of rotatable bonds is 5. The molecule has 1 aliphatic heterocycles. The van der Waals surface area contributed by atoms with E-state index in [1.807, 2.05) is 0 Å². The number of benzene rings is 1. The second kappa shape index (κ2) is 5.97. The van der Waals surface area contributed by atoms with Crippen molar-refractivity contribution in [1.29, 1.82) is 0 Å². The van der Waals surface area contributed by atoms with Gasteiger partial charge in [-0.05, 0) is 31.2 Å². The van der Waals surface area contributed by atoms with Crippen LogP contribution in [0.4, 0.5) is 4.79 Å². The summed E-state index contributed by atoms with van der Waals surface area (Å²) in [4.78, 5) is 40.6. The first-order valence-electron chi connectivity index (χ1n) is 7.40. The number of carbonyl (C=O) groups is 3. The predicted octanol–water partition coefficient (Wildman–Crippen LogP) is 2.18. The monoisotopic (exact) mass is 332 g/mol. The molecule has 8 nitrogen and oxygen atoms in total. The molecule has 1 N–H and O–H groups in total. The van der Waals surface area contributed by atoms with Crippen LogP contribution in [-0.4, -0.2) is 46.4 Å². The van der Waals surface area contributed by atoms with Crippen LogP contribution < -0.4 is 0 Å². The highest BCUT2D eigenvalue weighted by atomic mass is 16.7. The molecule has 3 rings (SSSR count). The normalized spacial score (nSPS) is 16.5. The lowest BCUT2D eigenvalue weighted by molar-refractivity contribution is -0.151. The zero-order valence-electron chi connectivity index (χ0n) is 13.2. The molecule has 0 spiro atoms. The van der Waals surface area contributed by atoms with E-state index in [9.17, 15) is 14.4 Å². The number of fused-ring (bicyclic) bond motifs is 3. The summed E-state index contributed by atoms with van der Waals surface area (Å²) in [5.41, 5.74) is 1.26. The number of aromatic nitrogens is 1. The average Bonchev–Trinajstić information content (AvgIpc) is 3.03. The number of carbonyl (C=O) groups excluding carboxylic acids is 2. The van der Waals surface area contributed by atoms with Gasteiger partial charge >= 0.3 is 18.0 Å². The third-order valence-corrected chi connectivity index (χ3v) is 3.94. The lowest BCUT2D eigenvalue weighted by Crippen LogP contribution is -2.30. The third-order valence-electron chi connectivity index (χ3n) is 3.94. The lowest BCUT2D eigenvalue weighted by Gasteiger charge is -2.20. The molecule has 1 unspecified atom stereocenters. The van der Waals surface area contributed by atoms with Crippen LogP contribution in [0, 0.1) is 0 Å². The number of nitrogens with zero attached hydrogens (tertiary/aromatic N) is 2. The number of hydrogen-bond donors (Lipinski definition) is 1. The Hall–Kier alpha value is -2.87. The van der Waals surface area contributed by atoms with E-state index in [1.165, 1.54) is 23.8 Å². The van der Waals surface area contributed by atoms with E-state index in [0.717, 1.165) is 5.06 Å². The van der Waals surface area contributed by atoms with Crippen molar-refractivity contribution in [2.24, 2.45) is 0 Å². The number of hydrogen-bond acceptors (Lipinski definition) is 5. The van der Waals surface area contributed by atoms with E-state index in [4.69, 9.17) is 14.7 Å². The highest BCUT2D eigenvalue weighted by molar-refractivity contribution is 5.99. The highest BCUT2D eigenvalue weighted by Gasteiger charge is 2.40. The van der Waals surface area contributed by atoms with Crippen LogP contribution in [0.2, 0.25) is 0 Å². The Morgan fingerprint density at radius 3 is 2.67 bits per heavy atom. The number of carboxylic acid groups (broad SMARTS) is 1. The van der Waals surface area contributed by atoms with E-state index >= 15 is 0 Å². The van der Waals surface area contributed by atoms with Gasteiger partial charge in [0.05, 0.1) is 36.9 Å². The van der Waals surface area contributed by atoms with Gasteiger partial charge in [0.1, 0.15) is 6.04 Å². The topological polar surface area (TPSA) is 98.1 Å². The van der Waals surface area contributed by atoms with Crippen molar-refractivity contribution in [2.45, 2.75) is 19.4 Å². The van der Waals surface area contributed by atoms with E-state index in [0.29, 0.717) is 16.6 Å². The Morgan fingerprint density at radius 1 is 1.29 bits per heavy atom. The van der Waals surface area contributed by atoms with Gasteiger partial charge in [-0.3, -0.25) is 14.2 Å². The van der Waals surface area contributed by atoms with Crippen LogP contribution >= 0.6 is 0 Å². The van der Waals surface area contributed by atoms with Gasteiger partial charge in [0.15, 0.2) is 0 Å². The van der Waals surface area contributed by atoms with Crippen molar-refractivity contribution >= 4 is 28.9 Å². The highest BCUT2D eigenvalue weighted by Crippen LogP contribution is 2.37. The number of esters is 1. The van der Waals surface area contributed by atoms with E-state index in [1.54, 1.807) is 19.1 Å². The van der Waals surface area contributed by atoms with Crippen molar-refractivity contribution in [3.63, 3.8) is 0 Å². The van der Waals surface area contributed by atoms with Crippen molar-refractivity contribution in [3.05, 3.63) is 35.5 Å². The smallest absolute Gasteiger partial charge is 0.353 e. The Labute approximate surface area is 137 Å². The van der Waals surface area contributed by atoms with Gasteiger partial charge in [-0.15, -0.1) is 0 Å². The summed E-state index contributed by atoms with van der Waals surface area (Å²) < 4.78 is 6.38. The van der Waals surface area contributed by atoms with Crippen LogP contribution in [-0.2, 0) is 14.4 Å². The molecular weight excluding hydrogens is 316 g/mol. The minimum Gasteiger partial charge on any atom is -0.478 e. The van der Waals surface area contributed by atoms with Gasteiger partial charge in [-0.25, -0.2) is 9.59 Å². The van der Waals surface area contributed by atoms with Crippen LogP contribution in [0.1, 0.15) is 35.4 Å². The maximum atomic E-state index is 12.6. The average molecular weight is 332 g/mol. The Bertz CT molecular complexity index is 840. The summed E-state index contributed by atoms with van der Waals surface area (Å²) in [6, 6.07) is 5.14. The maximum Gasteiger partial charge on any atom is 0.353 e. The van der Waals surface area contributed by atoms with E-state index in [2.05, 4.69) is 0 Å². The summed E-state index contributed by atoms with van der Waals surface area (Å²) in [5, 5.41) is 10.8. The minimum atomic E-state index is -1.05. The maximum absolute atomic E-state index is 12.6. The Morgan fingerprint density at radius 2 is 2.04 bits per heavy atom. The fraction of sp³-hybridized carbons (Fsp3) is 0.312. The fourth-order valence-electron chi connectivity index (χ4n) is 2.95. The number of aromatic carboxylic acids is 1. The van der Waals surface area contributed by atoms with Gasteiger partial charge in [0.2, 0.25) is 0 Å².